The summed E-state index contributed by atoms with van der Waals surface area (Å²) >= 11 is 0. The summed E-state index contributed by atoms with van der Waals surface area (Å²) < 4.78 is 16.8. The zero-order valence-corrected chi connectivity index (χ0v) is 10.6. The van der Waals surface area contributed by atoms with E-state index in [-0.39, 0.29) is 0 Å². The molecule has 0 radical (unpaired) electrons. The van der Waals surface area contributed by atoms with E-state index in [1.54, 1.807) is 7.11 Å². The van der Waals surface area contributed by atoms with Crippen LogP contribution in [0.1, 0.15) is 24.8 Å². The van der Waals surface area contributed by atoms with Gasteiger partial charge in [-0.3, -0.25) is 0 Å². The van der Waals surface area contributed by atoms with Gasteiger partial charge in [-0.2, -0.15) is 0 Å². The highest BCUT2D eigenvalue weighted by Gasteiger charge is 2.41. The summed E-state index contributed by atoms with van der Waals surface area (Å²) in [6.07, 6.45) is 3.22. The second-order valence-corrected chi connectivity index (χ2v) is 5.04. The van der Waals surface area contributed by atoms with Gasteiger partial charge in [-0.1, -0.05) is 6.07 Å². The molecule has 18 heavy (non-hydrogen) atoms. The third-order valence-electron chi connectivity index (χ3n) is 3.50. The van der Waals surface area contributed by atoms with E-state index in [9.17, 15) is 5.11 Å². The minimum absolute atomic E-state index is 0.535. The van der Waals surface area contributed by atoms with Crippen LogP contribution in [0.4, 0.5) is 0 Å². The second-order valence-electron chi connectivity index (χ2n) is 5.04. The summed E-state index contributed by atoms with van der Waals surface area (Å²) in [4.78, 5) is 0. The van der Waals surface area contributed by atoms with E-state index in [0.29, 0.717) is 31.1 Å². The Morgan fingerprint density at radius 3 is 2.78 bits per heavy atom. The summed E-state index contributed by atoms with van der Waals surface area (Å²) in [7, 11) is 1.63. The van der Waals surface area contributed by atoms with E-state index in [1.807, 2.05) is 12.1 Å². The molecule has 1 aromatic rings. The standard InChI is InChI=1S/C14H18O4/c1-16-12-10(9-14(15)5-6-14)3-4-11-13(12)18-8-2-7-17-11/h3-4,15H,2,5-9H2,1H3. The highest BCUT2D eigenvalue weighted by atomic mass is 16.5. The van der Waals surface area contributed by atoms with Gasteiger partial charge in [0.2, 0.25) is 5.75 Å². The first-order valence-electron chi connectivity index (χ1n) is 6.40. The van der Waals surface area contributed by atoms with Gasteiger partial charge in [0.15, 0.2) is 11.5 Å². The molecule has 0 atom stereocenters. The van der Waals surface area contributed by atoms with Gasteiger partial charge in [-0.15, -0.1) is 0 Å². The van der Waals surface area contributed by atoms with Crippen molar-refractivity contribution < 1.29 is 19.3 Å². The van der Waals surface area contributed by atoms with E-state index in [1.165, 1.54) is 0 Å². The molecule has 0 aromatic heterocycles. The highest BCUT2D eigenvalue weighted by Crippen LogP contribution is 2.46. The zero-order chi connectivity index (χ0) is 12.6. The van der Waals surface area contributed by atoms with Gasteiger partial charge in [0.1, 0.15) is 0 Å². The fraction of sp³-hybridized carbons (Fsp3) is 0.571. The molecule has 1 aliphatic carbocycles. The largest absolute Gasteiger partial charge is 0.492 e. The topological polar surface area (TPSA) is 47.9 Å². The number of hydrogen-bond donors (Lipinski definition) is 1. The first-order chi connectivity index (χ1) is 8.72. The Morgan fingerprint density at radius 2 is 2.06 bits per heavy atom. The lowest BCUT2D eigenvalue weighted by atomic mass is 10.0. The van der Waals surface area contributed by atoms with Crippen LogP contribution in [0.15, 0.2) is 12.1 Å². The lowest BCUT2D eigenvalue weighted by Crippen LogP contribution is -2.12. The molecular formula is C14H18O4. The van der Waals surface area contributed by atoms with Crippen molar-refractivity contribution in [2.45, 2.75) is 31.3 Å². The van der Waals surface area contributed by atoms with E-state index in [2.05, 4.69) is 0 Å². The Hall–Kier alpha value is -1.42. The van der Waals surface area contributed by atoms with Gasteiger partial charge in [0.25, 0.3) is 0 Å². The zero-order valence-electron chi connectivity index (χ0n) is 10.6. The average molecular weight is 250 g/mol. The minimum atomic E-state index is -0.535. The number of hydrogen-bond acceptors (Lipinski definition) is 4. The normalized spacial score (nSPS) is 20.1. The van der Waals surface area contributed by atoms with Gasteiger partial charge in [0, 0.05) is 18.4 Å². The van der Waals surface area contributed by atoms with E-state index in [4.69, 9.17) is 14.2 Å². The van der Waals surface area contributed by atoms with Crippen molar-refractivity contribution >= 4 is 0 Å². The van der Waals surface area contributed by atoms with Gasteiger partial charge in [0.05, 0.1) is 25.9 Å². The van der Waals surface area contributed by atoms with Crippen LogP contribution in [-0.2, 0) is 6.42 Å². The fourth-order valence-electron chi connectivity index (χ4n) is 2.29. The summed E-state index contributed by atoms with van der Waals surface area (Å²) in [5.74, 6) is 2.11. The van der Waals surface area contributed by atoms with Crippen molar-refractivity contribution in [3.63, 3.8) is 0 Å². The second kappa shape index (κ2) is 4.35. The molecule has 1 aliphatic heterocycles. The number of aliphatic hydroxyl groups is 1. The number of benzene rings is 1. The molecule has 4 nitrogen and oxygen atoms in total. The van der Waals surface area contributed by atoms with Gasteiger partial charge in [-0.25, -0.2) is 0 Å². The Labute approximate surface area is 106 Å². The van der Waals surface area contributed by atoms with Crippen LogP contribution in [0.2, 0.25) is 0 Å². The fourth-order valence-corrected chi connectivity index (χ4v) is 2.29. The van der Waals surface area contributed by atoms with Crippen LogP contribution >= 0.6 is 0 Å². The van der Waals surface area contributed by atoms with Crippen molar-refractivity contribution in [1.29, 1.82) is 0 Å². The van der Waals surface area contributed by atoms with Crippen molar-refractivity contribution in [2.24, 2.45) is 0 Å². The van der Waals surface area contributed by atoms with Crippen LogP contribution < -0.4 is 14.2 Å². The maximum absolute atomic E-state index is 10.0. The Kier molecular flexibility index (Phi) is 2.82. The molecule has 1 aromatic carbocycles. The summed E-state index contributed by atoms with van der Waals surface area (Å²) in [6.45, 7) is 1.30. The minimum Gasteiger partial charge on any atom is -0.492 e. The molecule has 98 valence electrons. The van der Waals surface area contributed by atoms with Gasteiger partial charge < -0.3 is 19.3 Å². The van der Waals surface area contributed by atoms with Crippen molar-refractivity contribution in [1.82, 2.24) is 0 Å². The molecular weight excluding hydrogens is 232 g/mol. The molecule has 1 fully saturated rings. The lowest BCUT2D eigenvalue weighted by Gasteiger charge is -2.17. The van der Waals surface area contributed by atoms with Gasteiger partial charge >= 0.3 is 0 Å². The van der Waals surface area contributed by atoms with Gasteiger partial charge in [-0.05, 0) is 18.9 Å². The predicted octanol–water partition coefficient (Wildman–Crippen LogP) is 1.92. The highest BCUT2D eigenvalue weighted by molar-refractivity contribution is 5.56. The molecule has 1 saturated carbocycles. The maximum atomic E-state index is 10.0. The number of fused-ring (bicyclic) bond motifs is 1. The van der Waals surface area contributed by atoms with Crippen molar-refractivity contribution in [3.8, 4) is 17.2 Å². The van der Waals surface area contributed by atoms with Crippen LogP contribution in [0.5, 0.6) is 17.2 Å². The van der Waals surface area contributed by atoms with Crippen molar-refractivity contribution in [2.75, 3.05) is 20.3 Å². The molecule has 0 bridgehead atoms. The average Bonchev–Trinajstić information content (AvgIpc) is 3.12. The maximum Gasteiger partial charge on any atom is 0.203 e. The molecule has 4 heteroatoms. The number of ether oxygens (including phenoxy) is 3. The van der Waals surface area contributed by atoms with Crippen LogP contribution in [0, 0.1) is 0 Å². The smallest absolute Gasteiger partial charge is 0.203 e. The van der Waals surface area contributed by atoms with Crippen LogP contribution in [-0.4, -0.2) is 31.0 Å². The Bertz CT molecular complexity index is 451. The Balaban J connectivity index is 1.96. The first kappa shape index (κ1) is 11.7. The lowest BCUT2D eigenvalue weighted by molar-refractivity contribution is 0.149. The molecule has 1 heterocycles. The third kappa shape index (κ3) is 2.12. The van der Waals surface area contributed by atoms with E-state index >= 15 is 0 Å². The van der Waals surface area contributed by atoms with E-state index in [0.717, 1.165) is 30.6 Å². The molecule has 2 aliphatic rings. The van der Waals surface area contributed by atoms with Crippen LogP contribution in [0.25, 0.3) is 0 Å². The first-order valence-corrected chi connectivity index (χ1v) is 6.40. The molecule has 0 saturated heterocycles. The molecule has 0 unspecified atom stereocenters. The predicted molar refractivity (Wildman–Crippen MR) is 66.5 cm³/mol. The molecule has 3 rings (SSSR count). The summed E-state index contributed by atoms with van der Waals surface area (Å²) in [5, 5.41) is 10.0. The molecule has 0 amide bonds. The number of methoxy groups -OCH3 is 1. The van der Waals surface area contributed by atoms with Crippen LogP contribution in [0.3, 0.4) is 0 Å². The number of rotatable bonds is 3. The molecule has 0 spiro atoms. The Morgan fingerprint density at radius 1 is 1.28 bits per heavy atom. The summed E-state index contributed by atoms with van der Waals surface area (Å²) in [6, 6.07) is 3.87. The quantitative estimate of drug-likeness (QED) is 0.890. The SMILES string of the molecule is COc1c(CC2(O)CC2)ccc2c1OCCCO2. The monoisotopic (exact) mass is 250 g/mol. The van der Waals surface area contributed by atoms with Crippen molar-refractivity contribution in [3.05, 3.63) is 17.7 Å². The third-order valence-corrected chi connectivity index (χ3v) is 3.50. The summed E-state index contributed by atoms with van der Waals surface area (Å²) in [5.41, 5.74) is 0.453. The van der Waals surface area contributed by atoms with E-state index < -0.39 is 5.60 Å². The molecule has 1 N–H and O–H groups in total.